The average molecular weight is 281 g/mol. The molecule has 2 rings (SSSR count). The number of hydrogen-bond acceptors (Lipinski definition) is 4. The quantitative estimate of drug-likeness (QED) is 0.339. The van der Waals surface area contributed by atoms with E-state index in [2.05, 4.69) is 17.4 Å². The molecule has 1 heterocycles. The molecule has 0 bridgehead atoms. The molecular weight excluding hydrogens is 261 g/mol. The lowest BCUT2D eigenvalue weighted by Gasteiger charge is -2.34. The highest BCUT2D eigenvalue weighted by Gasteiger charge is 2.26. The second kappa shape index (κ2) is 6.19. The molecule has 6 heteroatoms. The first-order chi connectivity index (χ1) is 9.56. The van der Waals surface area contributed by atoms with Gasteiger partial charge in [-0.2, -0.15) is 0 Å². The van der Waals surface area contributed by atoms with Gasteiger partial charge >= 0.3 is 0 Å². The number of rotatable bonds is 4. The topological polar surface area (TPSA) is 79.9 Å². The highest BCUT2D eigenvalue weighted by atomic mass is 19.1. The molecule has 1 aromatic carbocycles. The summed E-state index contributed by atoms with van der Waals surface area (Å²) in [5.41, 5.74) is 6.02. The van der Waals surface area contributed by atoms with Gasteiger partial charge in [-0.1, -0.05) is 17.3 Å². The van der Waals surface area contributed by atoms with Crippen molar-refractivity contribution in [2.24, 2.45) is 10.9 Å². The van der Waals surface area contributed by atoms with Crippen LogP contribution in [0.25, 0.3) is 0 Å². The average Bonchev–Trinajstić information content (AvgIpc) is 2.46. The Morgan fingerprint density at radius 2 is 2.20 bits per heavy atom. The zero-order chi connectivity index (χ0) is 14.6. The summed E-state index contributed by atoms with van der Waals surface area (Å²) in [6.07, 6.45) is 1.79. The summed E-state index contributed by atoms with van der Waals surface area (Å²) in [4.78, 5) is 0. The van der Waals surface area contributed by atoms with E-state index in [1.807, 2.05) is 0 Å². The van der Waals surface area contributed by atoms with Gasteiger partial charge in [-0.05, 0) is 25.8 Å². The molecule has 20 heavy (non-hydrogen) atoms. The third-order valence-electron chi connectivity index (χ3n) is 3.76. The molecule has 0 atom stereocenters. The van der Waals surface area contributed by atoms with E-state index < -0.39 is 5.82 Å². The Bertz CT molecular complexity index is 499. The minimum Gasteiger partial charge on any atom is -0.409 e. The zero-order valence-corrected chi connectivity index (χ0v) is 11.5. The van der Waals surface area contributed by atoms with Gasteiger partial charge in [0.05, 0.1) is 5.56 Å². The summed E-state index contributed by atoms with van der Waals surface area (Å²) in [6.45, 7) is 3.95. The van der Waals surface area contributed by atoms with Crippen LogP contribution in [0.3, 0.4) is 0 Å². The third kappa shape index (κ3) is 3.26. The standard InChI is InChI=1S/C14H20FN3O2/c1-14(5-7-20-8-6-14)17-9-10-3-2-4-11(12(10)15)13(16)18-19/h2-4,17,19H,5-9H2,1H3,(H2,16,18). The minimum absolute atomic E-state index is 0.0443. The lowest BCUT2D eigenvalue weighted by atomic mass is 9.92. The molecule has 1 aliphatic rings. The Morgan fingerprint density at radius 1 is 1.50 bits per heavy atom. The first-order valence-electron chi connectivity index (χ1n) is 6.64. The number of halogens is 1. The van der Waals surface area contributed by atoms with Gasteiger partial charge in [0.1, 0.15) is 5.82 Å². The van der Waals surface area contributed by atoms with Crippen LogP contribution < -0.4 is 11.1 Å². The van der Waals surface area contributed by atoms with E-state index in [0.29, 0.717) is 12.1 Å². The Kier molecular flexibility index (Phi) is 4.57. The first kappa shape index (κ1) is 14.7. The Morgan fingerprint density at radius 3 is 2.85 bits per heavy atom. The SMILES string of the molecule is CC1(NCc2cccc(/C(N)=N/O)c2F)CCOCC1. The summed E-state index contributed by atoms with van der Waals surface area (Å²) in [5.74, 6) is -0.674. The Hall–Kier alpha value is -1.66. The smallest absolute Gasteiger partial charge is 0.173 e. The molecule has 0 aliphatic carbocycles. The summed E-state index contributed by atoms with van der Waals surface area (Å²) in [6, 6.07) is 4.88. The van der Waals surface area contributed by atoms with Crippen LogP contribution in [0.5, 0.6) is 0 Å². The van der Waals surface area contributed by atoms with E-state index in [1.165, 1.54) is 6.07 Å². The van der Waals surface area contributed by atoms with E-state index in [1.54, 1.807) is 12.1 Å². The molecule has 0 radical (unpaired) electrons. The van der Waals surface area contributed by atoms with Gasteiger partial charge in [0.25, 0.3) is 0 Å². The van der Waals surface area contributed by atoms with Crippen LogP contribution in [-0.2, 0) is 11.3 Å². The fourth-order valence-electron chi connectivity index (χ4n) is 2.28. The van der Waals surface area contributed by atoms with Gasteiger partial charge in [0.2, 0.25) is 0 Å². The van der Waals surface area contributed by atoms with Crippen molar-refractivity contribution < 1.29 is 14.3 Å². The molecule has 1 aliphatic heterocycles. The zero-order valence-electron chi connectivity index (χ0n) is 11.5. The molecule has 0 saturated carbocycles. The van der Waals surface area contributed by atoms with E-state index in [4.69, 9.17) is 15.7 Å². The molecule has 1 saturated heterocycles. The van der Waals surface area contributed by atoms with Gasteiger partial charge in [0.15, 0.2) is 5.84 Å². The molecule has 5 nitrogen and oxygen atoms in total. The van der Waals surface area contributed by atoms with Crippen LogP contribution >= 0.6 is 0 Å². The normalized spacial score (nSPS) is 19.0. The molecular formula is C14H20FN3O2. The summed E-state index contributed by atoms with van der Waals surface area (Å²) in [7, 11) is 0. The number of oxime groups is 1. The Labute approximate surface area is 117 Å². The van der Waals surface area contributed by atoms with Gasteiger partial charge in [-0.15, -0.1) is 0 Å². The predicted octanol–water partition coefficient (Wildman–Crippen LogP) is 1.58. The summed E-state index contributed by atoms with van der Waals surface area (Å²) < 4.78 is 19.6. The highest BCUT2D eigenvalue weighted by molar-refractivity contribution is 5.97. The van der Waals surface area contributed by atoms with Crippen LogP contribution in [0, 0.1) is 5.82 Å². The summed E-state index contributed by atoms with van der Waals surface area (Å²) in [5, 5.41) is 14.9. The summed E-state index contributed by atoms with van der Waals surface area (Å²) >= 11 is 0. The van der Waals surface area contributed by atoms with Crippen molar-refractivity contribution in [3.8, 4) is 0 Å². The number of nitrogens with one attached hydrogen (secondary N) is 1. The number of amidine groups is 1. The van der Waals surface area contributed by atoms with Crippen molar-refractivity contribution in [1.82, 2.24) is 5.32 Å². The lowest BCUT2D eigenvalue weighted by Crippen LogP contribution is -2.46. The maximum atomic E-state index is 14.3. The van der Waals surface area contributed by atoms with Crippen LogP contribution in [0.1, 0.15) is 30.9 Å². The molecule has 4 N–H and O–H groups in total. The van der Waals surface area contributed by atoms with Crippen molar-refractivity contribution >= 4 is 5.84 Å². The minimum atomic E-state index is -0.453. The number of ether oxygens (including phenoxy) is 1. The van der Waals surface area contributed by atoms with Gasteiger partial charge in [-0.3, -0.25) is 0 Å². The fraction of sp³-hybridized carbons (Fsp3) is 0.500. The lowest BCUT2D eigenvalue weighted by molar-refractivity contribution is 0.0445. The maximum Gasteiger partial charge on any atom is 0.173 e. The van der Waals surface area contributed by atoms with Gasteiger partial charge in [-0.25, -0.2) is 4.39 Å². The maximum absolute atomic E-state index is 14.3. The van der Waals surface area contributed by atoms with Crippen LogP contribution in [0.4, 0.5) is 4.39 Å². The molecule has 0 aromatic heterocycles. The van der Waals surface area contributed by atoms with Crippen LogP contribution in [0.2, 0.25) is 0 Å². The molecule has 1 fully saturated rings. The highest BCUT2D eigenvalue weighted by Crippen LogP contribution is 2.21. The number of hydrogen-bond donors (Lipinski definition) is 3. The second-order valence-electron chi connectivity index (χ2n) is 5.29. The number of nitrogens with two attached hydrogens (primary N) is 1. The largest absolute Gasteiger partial charge is 0.409 e. The third-order valence-corrected chi connectivity index (χ3v) is 3.76. The van der Waals surface area contributed by atoms with Crippen LogP contribution in [0.15, 0.2) is 23.4 Å². The molecule has 0 unspecified atom stereocenters. The molecule has 110 valence electrons. The van der Waals surface area contributed by atoms with Crippen molar-refractivity contribution in [2.75, 3.05) is 13.2 Å². The predicted molar refractivity (Wildman–Crippen MR) is 74.2 cm³/mol. The number of benzene rings is 1. The Balaban J connectivity index is 2.10. The second-order valence-corrected chi connectivity index (χ2v) is 5.29. The van der Waals surface area contributed by atoms with Crippen molar-refractivity contribution in [1.29, 1.82) is 0 Å². The van der Waals surface area contributed by atoms with E-state index in [9.17, 15) is 4.39 Å². The molecule has 1 aromatic rings. The van der Waals surface area contributed by atoms with E-state index in [0.717, 1.165) is 26.1 Å². The fourth-order valence-corrected chi connectivity index (χ4v) is 2.28. The number of nitrogens with zero attached hydrogens (tertiary/aromatic N) is 1. The van der Waals surface area contributed by atoms with Crippen molar-refractivity contribution in [3.05, 3.63) is 35.1 Å². The van der Waals surface area contributed by atoms with Crippen LogP contribution in [-0.4, -0.2) is 29.8 Å². The monoisotopic (exact) mass is 281 g/mol. The van der Waals surface area contributed by atoms with Gasteiger partial charge in [0, 0.05) is 30.9 Å². The van der Waals surface area contributed by atoms with E-state index >= 15 is 0 Å². The van der Waals surface area contributed by atoms with Gasteiger partial charge < -0.3 is 21.0 Å². The molecule has 0 amide bonds. The van der Waals surface area contributed by atoms with E-state index in [-0.39, 0.29) is 16.9 Å². The molecule has 0 spiro atoms. The first-order valence-corrected chi connectivity index (χ1v) is 6.64. The van der Waals surface area contributed by atoms with Crippen molar-refractivity contribution in [2.45, 2.75) is 31.8 Å². The van der Waals surface area contributed by atoms with Crippen molar-refractivity contribution in [3.63, 3.8) is 0 Å².